The van der Waals surface area contributed by atoms with E-state index in [0.29, 0.717) is 20.3 Å². The summed E-state index contributed by atoms with van der Waals surface area (Å²) >= 11 is -2.68. The van der Waals surface area contributed by atoms with Gasteiger partial charge in [0.15, 0.2) is 0 Å². The molecular weight excluding hydrogens is 623 g/mol. The first-order chi connectivity index (χ1) is 21.0. The maximum atomic E-state index is 2.68. The van der Waals surface area contributed by atoms with Gasteiger partial charge in [-0.2, -0.15) is 0 Å². The predicted octanol–water partition coefficient (Wildman–Crippen LogP) is 6.24. The van der Waals surface area contributed by atoms with Crippen LogP contribution in [0.1, 0.15) is 84.1 Å². The van der Waals surface area contributed by atoms with Crippen LogP contribution >= 0.6 is 0 Å². The first kappa shape index (κ1) is 32.6. The Bertz CT molecular complexity index is 1620. The Labute approximate surface area is 286 Å². The molecule has 8 rings (SSSR count). The molecule has 4 aliphatic rings. The van der Waals surface area contributed by atoms with Gasteiger partial charge < -0.3 is 24.8 Å². The molecule has 0 N–H and O–H groups in total. The van der Waals surface area contributed by atoms with Gasteiger partial charge in [0.2, 0.25) is 0 Å². The molecule has 45 heavy (non-hydrogen) atoms. The third-order valence-corrected chi connectivity index (χ3v) is 22.3. The fourth-order valence-electron chi connectivity index (χ4n) is 9.95. The van der Waals surface area contributed by atoms with Crippen LogP contribution in [0.3, 0.4) is 0 Å². The average Bonchev–Trinajstić information content (AvgIpc) is 3.32. The van der Waals surface area contributed by atoms with Gasteiger partial charge in [0.05, 0.1) is 0 Å². The molecule has 1 saturated heterocycles. The molecule has 0 radical (unpaired) electrons. The fourth-order valence-corrected chi connectivity index (χ4v) is 24.5. The van der Waals surface area contributed by atoms with Gasteiger partial charge in [0.1, 0.15) is 0 Å². The van der Waals surface area contributed by atoms with E-state index in [1.54, 1.807) is 22.3 Å². The zero-order chi connectivity index (χ0) is 29.3. The van der Waals surface area contributed by atoms with Crippen molar-refractivity contribution in [3.63, 3.8) is 0 Å². The number of halogens is 2. The fraction of sp³-hybridized carbons (Fsp3) is 0.333. The van der Waals surface area contributed by atoms with Crippen molar-refractivity contribution in [3.05, 3.63) is 130 Å². The summed E-state index contributed by atoms with van der Waals surface area (Å²) in [4.78, 5) is 0. The van der Waals surface area contributed by atoms with Crippen molar-refractivity contribution in [1.82, 2.24) is 0 Å². The van der Waals surface area contributed by atoms with Crippen LogP contribution in [0.5, 0.6) is 0 Å². The second-order valence-electron chi connectivity index (χ2n) is 14.3. The van der Waals surface area contributed by atoms with Gasteiger partial charge in [-0.1, -0.05) is 0 Å². The van der Waals surface area contributed by atoms with Crippen LogP contribution in [0.4, 0.5) is 0 Å². The van der Waals surface area contributed by atoms with Crippen molar-refractivity contribution in [2.45, 2.75) is 70.3 Å². The van der Waals surface area contributed by atoms with Crippen molar-refractivity contribution in [3.8, 4) is 22.3 Å². The van der Waals surface area contributed by atoms with Gasteiger partial charge in [-0.25, -0.2) is 0 Å². The van der Waals surface area contributed by atoms with Gasteiger partial charge >= 0.3 is 264 Å². The van der Waals surface area contributed by atoms with Crippen molar-refractivity contribution >= 4 is 12.2 Å². The Morgan fingerprint density at radius 3 is 1.29 bits per heavy atom. The maximum Gasteiger partial charge on any atom is -1.00 e. The molecular formula is C42H44Cl2Ti. The van der Waals surface area contributed by atoms with Crippen molar-refractivity contribution in [2.75, 3.05) is 0 Å². The number of hydrogen-bond donors (Lipinski definition) is 0. The second kappa shape index (κ2) is 12.7. The monoisotopic (exact) mass is 666 g/mol. The zero-order valence-corrected chi connectivity index (χ0v) is 30.0. The number of rotatable bonds is 6. The van der Waals surface area contributed by atoms with Crippen LogP contribution < -0.4 is 24.8 Å². The van der Waals surface area contributed by atoms with Crippen LogP contribution in [0, 0.1) is 11.8 Å². The summed E-state index contributed by atoms with van der Waals surface area (Å²) in [5.41, 5.74) is 15.5. The third kappa shape index (κ3) is 4.98. The molecule has 2 fully saturated rings. The van der Waals surface area contributed by atoms with Gasteiger partial charge in [0, 0.05) is 0 Å². The zero-order valence-electron chi connectivity index (χ0n) is 26.9. The SMILES string of the molecule is CC(C)C1=Cc2c(-c3ccccc3)cccc2[CH]1[Ti+2]1([CH]2C(C(C)C)=Cc3c(-c4ccccc4)cccc32)[CH]2CCCC[CH]21.[Cl-].[Cl-]. The average molecular weight is 668 g/mol. The van der Waals surface area contributed by atoms with E-state index in [1.165, 1.54) is 59.1 Å². The van der Waals surface area contributed by atoms with E-state index >= 15 is 0 Å². The summed E-state index contributed by atoms with van der Waals surface area (Å²) in [7, 11) is 0. The van der Waals surface area contributed by atoms with E-state index in [4.69, 9.17) is 0 Å². The normalized spacial score (nSPS) is 24.4. The summed E-state index contributed by atoms with van der Waals surface area (Å²) in [6, 6.07) is 36.9. The predicted molar refractivity (Wildman–Crippen MR) is 181 cm³/mol. The second-order valence-corrected chi connectivity index (χ2v) is 21.6. The number of allylic oxidation sites excluding steroid dienone is 2. The minimum atomic E-state index is -2.68. The summed E-state index contributed by atoms with van der Waals surface area (Å²) in [6.07, 6.45) is 11.2. The summed E-state index contributed by atoms with van der Waals surface area (Å²) in [5.74, 6) is 1.13. The van der Waals surface area contributed by atoms with E-state index in [0.717, 1.165) is 8.45 Å². The largest absolute Gasteiger partial charge is 1.00 e. The number of hydrogen-bond acceptors (Lipinski definition) is 0. The van der Waals surface area contributed by atoms with E-state index in [-0.39, 0.29) is 24.8 Å². The van der Waals surface area contributed by atoms with E-state index in [9.17, 15) is 0 Å². The van der Waals surface area contributed by atoms with Crippen LogP contribution in [0.25, 0.3) is 34.4 Å². The van der Waals surface area contributed by atoms with Crippen LogP contribution in [-0.2, 0) is 16.6 Å². The van der Waals surface area contributed by atoms with Gasteiger partial charge in [-0.15, -0.1) is 0 Å². The Hall–Kier alpha value is -2.35. The van der Waals surface area contributed by atoms with Crippen molar-refractivity contribution in [2.24, 2.45) is 11.8 Å². The number of benzene rings is 4. The van der Waals surface area contributed by atoms with E-state index < -0.39 is 16.6 Å². The summed E-state index contributed by atoms with van der Waals surface area (Å²) < 4.78 is 3.27. The Morgan fingerprint density at radius 1 is 0.511 bits per heavy atom. The van der Waals surface area contributed by atoms with Crippen molar-refractivity contribution in [1.29, 1.82) is 0 Å². The molecule has 4 aromatic carbocycles. The quantitative estimate of drug-likeness (QED) is 0.214. The molecule has 4 unspecified atom stereocenters. The standard InChI is InChI=1S/2C18H17.C6H10.2ClH.Ti/c2*1-13(2)16-11-15-9-6-10-17(18(15)12-16)14-7-4-3-5-8-14;1-2-4-6-5-3-1;;;/h2*3-13H,1-2H3;1-2H,3-6H2;2*1H;/q;;;;;+2/p-2. The van der Waals surface area contributed by atoms with E-state index in [1.807, 2.05) is 0 Å². The van der Waals surface area contributed by atoms with Gasteiger partial charge in [0.25, 0.3) is 0 Å². The molecule has 1 saturated carbocycles. The van der Waals surface area contributed by atoms with E-state index in [2.05, 4.69) is 137 Å². The molecule has 0 bridgehead atoms. The molecule has 0 aromatic heterocycles. The minimum Gasteiger partial charge on any atom is -1.00 e. The molecule has 230 valence electrons. The number of fused-ring (bicyclic) bond motifs is 3. The molecule has 3 heteroatoms. The van der Waals surface area contributed by atoms with Crippen LogP contribution in [0.2, 0.25) is 8.45 Å². The molecule has 0 spiro atoms. The molecule has 1 heterocycles. The molecule has 0 nitrogen and oxygen atoms in total. The van der Waals surface area contributed by atoms with Crippen LogP contribution in [-0.4, -0.2) is 0 Å². The third-order valence-electron chi connectivity index (χ3n) is 11.6. The molecule has 0 amide bonds. The molecule has 1 aliphatic heterocycles. The van der Waals surface area contributed by atoms with Crippen LogP contribution in [0.15, 0.2) is 108 Å². The van der Waals surface area contributed by atoms with Crippen molar-refractivity contribution < 1.29 is 41.4 Å². The van der Waals surface area contributed by atoms with Gasteiger partial charge in [-0.05, 0) is 0 Å². The summed E-state index contributed by atoms with van der Waals surface area (Å²) in [5, 5.41) is 0. The molecule has 4 atom stereocenters. The molecule has 4 aromatic rings. The topological polar surface area (TPSA) is 0 Å². The smallest absolute Gasteiger partial charge is 1.00 e. The Balaban J connectivity index is 0.00000179. The maximum absolute atomic E-state index is 2.68. The van der Waals surface area contributed by atoms with Gasteiger partial charge in [-0.3, -0.25) is 0 Å². The Kier molecular flexibility index (Phi) is 9.19. The summed E-state index contributed by atoms with van der Waals surface area (Å²) in [6.45, 7) is 9.91. The first-order valence-electron chi connectivity index (χ1n) is 16.8. The minimum absolute atomic E-state index is 0. The molecule has 3 aliphatic carbocycles. The Morgan fingerprint density at radius 2 is 0.911 bits per heavy atom. The first-order valence-corrected chi connectivity index (χ1v) is 20.4.